The molecule has 0 radical (unpaired) electrons. The van der Waals surface area contributed by atoms with Gasteiger partial charge < -0.3 is 13.8 Å². The van der Waals surface area contributed by atoms with Gasteiger partial charge in [-0.3, -0.25) is 0 Å². The Hall–Kier alpha value is -3.83. The lowest BCUT2D eigenvalue weighted by Gasteiger charge is -2.39. The predicted octanol–water partition coefficient (Wildman–Crippen LogP) is 11.6. The first-order valence-electron chi connectivity index (χ1n) is 18.9. The van der Waals surface area contributed by atoms with Gasteiger partial charge in [0.25, 0.3) is 0 Å². The number of fused-ring (bicyclic) bond motifs is 1. The van der Waals surface area contributed by atoms with Gasteiger partial charge in [-0.1, -0.05) is 140 Å². The molecule has 57 heavy (non-hydrogen) atoms. The van der Waals surface area contributed by atoms with Crippen LogP contribution in [-0.2, 0) is 25.9 Å². The maximum absolute atomic E-state index is 10.9. The van der Waals surface area contributed by atoms with Gasteiger partial charge >= 0.3 is 5.90 Å². The second-order valence-electron chi connectivity index (χ2n) is 15.2. The molecule has 5 aromatic carbocycles. The third kappa shape index (κ3) is 12.3. The number of benzene rings is 5. The van der Waals surface area contributed by atoms with E-state index in [2.05, 4.69) is 81.3 Å². The first-order valence-corrected chi connectivity index (χ1v) is 22.3. The maximum atomic E-state index is 10.9. The van der Waals surface area contributed by atoms with Crippen molar-refractivity contribution >= 4 is 61.1 Å². The van der Waals surface area contributed by atoms with Gasteiger partial charge in [0.05, 0.1) is 21.5 Å². The molecule has 0 aliphatic carbocycles. The van der Waals surface area contributed by atoms with Crippen molar-refractivity contribution in [2.75, 3.05) is 6.61 Å². The number of hydrogen-bond acceptors (Lipinski definition) is 5. The van der Waals surface area contributed by atoms with E-state index in [4.69, 9.17) is 32.5 Å². The molecule has 0 spiro atoms. The normalized spacial score (nSPS) is 20.5. The Morgan fingerprint density at radius 3 is 2.04 bits per heavy atom. The van der Waals surface area contributed by atoms with Gasteiger partial charge in [-0.15, -0.1) is 6.58 Å². The fourth-order valence-electron chi connectivity index (χ4n) is 7.21. The Morgan fingerprint density at radius 2 is 1.49 bits per heavy atom. The fourth-order valence-corrected chi connectivity index (χ4v) is 8.23. The van der Waals surface area contributed by atoms with Crippen LogP contribution in [0.3, 0.4) is 0 Å². The summed E-state index contributed by atoms with van der Waals surface area (Å²) in [5.41, 5.74) is 3.76. The van der Waals surface area contributed by atoms with Gasteiger partial charge in [-0.05, 0) is 87.2 Å². The number of allylic oxidation sites excluding steroid dienone is 1. The Balaban J connectivity index is 0.000000217. The van der Waals surface area contributed by atoms with Crippen LogP contribution in [0.1, 0.15) is 76.1 Å². The zero-order valence-electron chi connectivity index (χ0n) is 33.3. The highest BCUT2D eigenvalue weighted by molar-refractivity contribution is 7.86. The topological polar surface area (TPSA) is 107 Å². The van der Waals surface area contributed by atoms with Crippen molar-refractivity contribution in [3.05, 3.63) is 161 Å². The summed E-state index contributed by atoms with van der Waals surface area (Å²) < 4.78 is 59.6. The summed E-state index contributed by atoms with van der Waals surface area (Å²) in [7, 11) is -4.38. The first kappa shape index (κ1) is 45.9. The second kappa shape index (κ2) is 20.7. The number of hydrogen-bond donors (Lipinski definition) is 1. The van der Waals surface area contributed by atoms with E-state index in [1.165, 1.54) is 22.8 Å². The smallest absolute Gasteiger partial charge is 0.343 e. The van der Waals surface area contributed by atoms with Crippen molar-refractivity contribution in [3.8, 4) is 0 Å². The van der Waals surface area contributed by atoms with Crippen LogP contribution in [-0.4, -0.2) is 50.1 Å². The molecule has 1 N–H and O–H groups in total. The number of aryl methyl sites for hydroxylation is 1. The van der Waals surface area contributed by atoms with Crippen molar-refractivity contribution in [2.24, 2.45) is 11.3 Å². The standard InChI is InChI=1S/C26H30Cl2NO.C10H8O3S.C7H8.C3H8O2S/c1-5-13-26(4)15-22(19-7-6-8-21(28)14-19)24(18-9-11-20(27)12-10-18)29-23(17(2)3)16-30-25(26)29;11-14(12,13)10-7-3-5-8-4-1-2-6-9(8)10;1-7-5-3-2-4-6-7;1-3(2)6(4)5/h5-12,14,17,22-24H,1,13,15-16H2,2-4H3;1-7H,(H,11,12,13);2-6H,1H3;3H,1-2H3,(H,4,5)/q+1;;;/p-1/t22-,23?,24-,26+;;;/m1.../s1. The zero-order valence-corrected chi connectivity index (χ0v) is 36.5. The van der Waals surface area contributed by atoms with Crippen LogP contribution in [0.15, 0.2) is 139 Å². The van der Waals surface area contributed by atoms with Crippen LogP contribution in [0.25, 0.3) is 10.8 Å². The summed E-state index contributed by atoms with van der Waals surface area (Å²) in [4.78, 5) is -0.157. The molecule has 11 heteroatoms. The molecule has 0 amide bonds. The molecule has 0 saturated carbocycles. The summed E-state index contributed by atoms with van der Waals surface area (Å²) in [6.07, 6.45) is 3.88. The van der Waals surface area contributed by atoms with Crippen LogP contribution in [0.5, 0.6) is 0 Å². The Morgan fingerprint density at radius 1 is 0.895 bits per heavy atom. The Labute approximate surface area is 351 Å². The predicted molar refractivity (Wildman–Crippen MR) is 235 cm³/mol. The van der Waals surface area contributed by atoms with Gasteiger partial charge in [0.2, 0.25) is 0 Å². The van der Waals surface area contributed by atoms with Gasteiger partial charge in [-0.25, -0.2) is 12.6 Å². The summed E-state index contributed by atoms with van der Waals surface area (Å²) in [5, 5.41) is 2.65. The average Bonchev–Trinajstić information content (AvgIpc) is 3.63. The highest BCUT2D eigenvalue weighted by Crippen LogP contribution is 2.51. The van der Waals surface area contributed by atoms with E-state index in [0.717, 1.165) is 40.8 Å². The number of halogens is 2. The van der Waals surface area contributed by atoms with Crippen LogP contribution in [0, 0.1) is 18.3 Å². The Bertz CT molecular complexity index is 2260. The molecule has 304 valence electrons. The SMILES string of the molecule is C=CC[C@@]1(C)C[C@H](c2cccc(Cl)c2)[C@@H](c2ccc(Cl)cc2)[N+]2=C1OCC2C(C)C.CC(C)S(=O)O.Cc1ccccc1.O=S(=O)([O-])c1cccc2ccccc12. The highest BCUT2D eigenvalue weighted by atomic mass is 35.5. The van der Waals surface area contributed by atoms with Crippen molar-refractivity contribution in [2.45, 2.75) is 82.5 Å². The molecule has 0 saturated heterocycles. The van der Waals surface area contributed by atoms with Crippen molar-refractivity contribution < 1.29 is 31.0 Å². The van der Waals surface area contributed by atoms with Crippen LogP contribution >= 0.6 is 23.2 Å². The van der Waals surface area contributed by atoms with E-state index in [9.17, 15) is 17.2 Å². The molecule has 7 rings (SSSR count). The van der Waals surface area contributed by atoms with Crippen LogP contribution in [0.2, 0.25) is 10.0 Å². The molecule has 0 bridgehead atoms. The molecule has 2 aliphatic rings. The molecule has 0 fully saturated rings. The lowest BCUT2D eigenvalue weighted by atomic mass is 9.69. The minimum absolute atomic E-state index is 0.0959. The monoisotopic (exact) mass is 849 g/mol. The molecule has 2 heterocycles. The van der Waals surface area contributed by atoms with Crippen LogP contribution in [0.4, 0.5) is 0 Å². The minimum Gasteiger partial charge on any atom is -0.744 e. The first-order chi connectivity index (χ1) is 27.0. The van der Waals surface area contributed by atoms with Crippen molar-refractivity contribution in [1.82, 2.24) is 0 Å². The molecule has 2 aliphatic heterocycles. The minimum atomic E-state index is -4.38. The number of nitrogens with zero attached hydrogens (tertiary/aromatic N) is 1. The van der Waals surface area contributed by atoms with E-state index in [1.54, 1.807) is 50.2 Å². The molecular weight excluding hydrogens is 798 g/mol. The third-order valence-electron chi connectivity index (χ3n) is 10.1. The fraction of sp³-hybridized carbons (Fsp3) is 0.326. The average molecular weight is 851 g/mol. The van der Waals surface area contributed by atoms with E-state index in [1.807, 2.05) is 42.5 Å². The number of rotatable bonds is 7. The largest absolute Gasteiger partial charge is 0.744 e. The lowest BCUT2D eigenvalue weighted by molar-refractivity contribution is -0.616. The quantitative estimate of drug-likeness (QED) is 0.0756. The van der Waals surface area contributed by atoms with E-state index < -0.39 is 21.2 Å². The Kier molecular flexibility index (Phi) is 16.7. The molecule has 5 aromatic rings. The van der Waals surface area contributed by atoms with E-state index in [-0.39, 0.29) is 27.5 Å². The number of ether oxygens (including phenoxy) is 1. The van der Waals surface area contributed by atoms with Gasteiger partial charge in [0.15, 0.2) is 29.8 Å². The van der Waals surface area contributed by atoms with Gasteiger partial charge in [0, 0.05) is 21.5 Å². The van der Waals surface area contributed by atoms with Crippen molar-refractivity contribution in [1.29, 1.82) is 0 Å². The van der Waals surface area contributed by atoms with E-state index in [0.29, 0.717) is 17.3 Å². The summed E-state index contributed by atoms with van der Waals surface area (Å²) in [5.74, 6) is 1.87. The summed E-state index contributed by atoms with van der Waals surface area (Å²) in [6, 6.07) is 38.9. The lowest BCUT2D eigenvalue weighted by Crippen LogP contribution is -2.46. The summed E-state index contributed by atoms with van der Waals surface area (Å²) >= 11 is 11.0. The van der Waals surface area contributed by atoms with Crippen molar-refractivity contribution in [3.63, 3.8) is 0 Å². The zero-order chi connectivity index (χ0) is 41.9. The maximum Gasteiger partial charge on any atom is 0.343 e. The van der Waals surface area contributed by atoms with Gasteiger partial charge in [-0.2, -0.15) is 4.58 Å². The van der Waals surface area contributed by atoms with E-state index >= 15 is 0 Å². The third-order valence-corrected chi connectivity index (χ3v) is 12.3. The second-order valence-corrected chi connectivity index (χ2v) is 18.9. The molecular formula is C46H53Cl2NO6S2. The highest BCUT2D eigenvalue weighted by Gasteiger charge is 2.57. The molecule has 0 aromatic heterocycles. The molecule has 5 atom stereocenters. The molecule has 7 nitrogen and oxygen atoms in total. The molecule has 2 unspecified atom stereocenters. The van der Waals surface area contributed by atoms with Gasteiger partial charge in [0.1, 0.15) is 10.1 Å². The van der Waals surface area contributed by atoms with Crippen LogP contribution < -0.4 is 0 Å². The summed E-state index contributed by atoms with van der Waals surface area (Å²) in [6.45, 7) is 17.1.